The van der Waals surface area contributed by atoms with Gasteiger partial charge in [-0.25, -0.2) is 4.79 Å². The second-order valence-electron chi connectivity index (χ2n) is 1.38. The lowest BCUT2D eigenvalue weighted by Gasteiger charge is -1.90. The molecule has 1 amide bonds. The Morgan fingerprint density at radius 1 is 1.33 bits per heavy atom. The van der Waals surface area contributed by atoms with Crippen LogP contribution >= 0.6 is 0 Å². The summed E-state index contributed by atoms with van der Waals surface area (Å²) in [4.78, 5) is 13.7. The van der Waals surface area contributed by atoms with Crippen molar-refractivity contribution in [2.24, 2.45) is 4.99 Å². The first kappa shape index (κ1) is 5.75. The lowest BCUT2D eigenvalue weighted by Crippen LogP contribution is -1.92. The lowest BCUT2D eigenvalue weighted by molar-refractivity contribution is 0.197. The molecule has 0 aromatic rings. The van der Waals surface area contributed by atoms with Crippen molar-refractivity contribution < 1.29 is 9.53 Å². The van der Waals surface area contributed by atoms with Crippen molar-refractivity contribution >= 4 is 12.3 Å². The molecule has 0 aliphatic carbocycles. The number of cyclic esters (lactones) is 1. The van der Waals surface area contributed by atoms with Gasteiger partial charge in [-0.3, -0.25) is 0 Å². The minimum atomic E-state index is -0.587. The highest BCUT2D eigenvalue weighted by Crippen LogP contribution is 1.88. The maximum atomic E-state index is 10.3. The summed E-state index contributed by atoms with van der Waals surface area (Å²) in [5.41, 5.74) is 0. The first-order chi connectivity index (χ1) is 4.39. The van der Waals surface area contributed by atoms with Crippen LogP contribution in [0.3, 0.4) is 0 Å². The van der Waals surface area contributed by atoms with Crippen molar-refractivity contribution in [2.45, 2.75) is 0 Å². The summed E-state index contributed by atoms with van der Waals surface area (Å²) in [6.07, 6.45) is 7.06. The van der Waals surface area contributed by atoms with Crippen LogP contribution < -0.4 is 0 Å². The van der Waals surface area contributed by atoms with E-state index < -0.39 is 6.09 Å². The zero-order valence-corrected chi connectivity index (χ0v) is 4.65. The summed E-state index contributed by atoms with van der Waals surface area (Å²) < 4.78 is 4.41. The number of hydrogen-bond donors (Lipinski definition) is 0. The van der Waals surface area contributed by atoms with Crippen LogP contribution in [0.2, 0.25) is 0 Å². The average Bonchev–Trinajstić information content (AvgIpc) is 1.79. The largest absolute Gasteiger partial charge is 0.438 e. The van der Waals surface area contributed by atoms with E-state index in [1.165, 1.54) is 12.5 Å². The second kappa shape index (κ2) is 2.81. The van der Waals surface area contributed by atoms with Gasteiger partial charge < -0.3 is 4.74 Å². The number of aliphatic imine (C=N–C) groups is 1. The number of ether oxygens (including phenoxy) is 1. The average molecular weight is 123 g/mol. The number of allylic oxidation sites excluding steroid dienone is 3. The summed E-state index contributed by atoms with van der Waals surface area (Å²) in [5.74, 6) is 0. The molecule has 1 heterocycles. The Kier molecular flexibility index (Phi) is 1.80. The van der Waals surface area contributed by atoms with Crippen LogP contribution in [0, 0.1) is 0 Å². The summed E-state index contributed by atoms with van der Waals surface area (Å²) in [6.45, 7) is 0. The molecule has 0 aromatic carbocycles. The van der Waals surface area contributed by atoms with E-state index in [0.717, 1.165) is 0 Å². The highest BCUT2D eigenvalue weighted by Gasteiger charge is 1.91. The zero-order chi connectivity index (χ0) is 6.53. The molecule has 0 fully saturated rings. The lowest BCUT2D eigenvalue weighted by atomic mass is 10.5. The maximum Gasteiger partial charge on any atom is 0.438 e. The zero-order valence-electron chi connectivity index (χ0n) is 4.65. The van der Waals surface area contributed by atoms with Gasteiger partial charge in [0, 0.05) is 6.21 Å². The molecule has 0 atom stereocenters. The van der Waals surface area contributed by atoms with Gasteiger partial charge in [0.15, 0.2) is 0 Å². The van der Waals surface area contributed by atoms with Crippen molar-refractivity contribution in [3.63, 3.8) is 0 Å². The van der Waals surface area contributed by atoms with E-state index in [1.807, 2.05) is 0 Å². The fourth-order valence-electron chi connectivity index (χ4n) is 0.391. The third-order valence-corrected chi connectivity index (χ3v) is 0.736. The number of carbonyl (C=O) groups excluding carboxylic acids is 1. The van der Waals surface area contributed by atoms with Gasteiger partial charge >= 0.3 is 6.09 Å². The Hall–Kier alpha value is -1.38. The Bertz CT molecular complexity index is 191. The molecule has 1 aliphatic heterocycles. The SMILES string of the molecule is O=C1\N=C/C=C\C=C/O1. The van der Waals surface area contributed by atoms with E-state index in [2.05, 4.69) is 9.73 Å². The molecule has 1 aliphatic rings. The normalized spacial score (nSPS) is 27.3. The Balaban J connectivity index is 2.70. The van der Waals surface area contributed by atoms with Gasteiger partial charge in [-0.1, -0.05) is 6.08 Å². The van der Waals surface area contributed by atoms with Gasteiger partial charge in [0.2, 0.25) is 0 Å². The number of nitrogens with zero attached hydrogens (tertiary/aromatic N) is 1. The molecular weight excluding hydrogens is 118 g/mol. The summed E-state index contributed by atoms with van der Waals surface area (Å²) >= 11 is 0. The minimum Gasteiger partial charge on any atom is -0.417 e. The fraction of sp³-hybridized carbons (Fsp3) is 0. The standard InChI is InChI=1S/C6H5NO2/c8-6-7-4-2-1-3-5-9-6/h1-5H/b2-1-,5-3-,7-4-. The van der Waals surface area contributed by atoms with E-state index in [0.29, 0.717) is 0 Å². The van der Waals surface area contributed by atoms with E-state index in [4.69, 9.17) is 0 Å². The quantitative estimate of drug-likeness (QED) is 0.486. The molecule has 0 saturated carbocycles. The van der Waals surface area contributed by atoms with Crippen LogP contribution in [0.15, 0.2) is 29.5 Å². The maximum absolute atomic E-state index is 10.3. The van der Waals surface area contributed by atoms with Crippen LogP contribution in [0.25, 0.3) is 0 Å². The Morgan fingerprint density at radius 2 is 2.22 bits per heavy atom. The van der Waals surface area contributed by atoms with E-state index in [9.17, 15) is 4.79 Å². The molecule has 3 heteroatoms. The molecule has 0 saturated heterocycles. The smallest absolute Gasteiger partial charge is 0.417 e. The summed E-state index contributed by atoms with van der Waals surface area (Å²) in [7, 11) is 0. The van der Waals surface area contributed by atoms with Gasteiger partial charge in [0.05, 0.1) is 6.26 Å². The van der Waals surface area contributed by atoms with Gasteiger partial charge in [0.1, 0.15) is 0 Å². The Morgan fingerprint density at radius 3 is 3.11 bits per heavy atom. The first-order valence-corrected chi connectivity index (χ1v) is 2.46. The topological polar surface area (TPSA) is 38.7 Å². The summed E-state index contributed by atoms with van der Waals surface area (Å²) in [5, 5.41) is 0. The molecule has 46 valence electrons. The highest BCUT2D eigenvalue weighted by molar-refractivity contribution is 5.85. The third-order valence-electron chi connectivity index (χ3n) is 0.736. The minimum absolute atomic E-state index is 0.587. The molecule has 9 heavy (non-hydrogen) atoms. The van der Waals surface area contributed by atoms with Crippen LogP contribution in [0.5, 0.6) is 0 Å². The van der Waals surface area contributed by atoms with Crippen LogP contribution in [0.1, 0.15) is 0 Å². The number of carbonyl (C=O) groups is 1. The molecule has 0 aromatic heterocycles. The molecule has 0 N–H and O–H groups in total. The van der Waals surface area contributed by atoms with Crippen LogP contribution in [-0.2, 0) is 4.74 Å². The second-order valence-corrected chi connectivity index (χ2v) is 1.38. The van der Waals surface area contributed by atoms with Crippen molar-refractivity contribution in [1.82, 2.24) is 0 Å². The molecule has 0 radical (unpaired) electrons. The van der Waals surface area contributed by atoms with E-state index in [1.54, 1.807) is 18.2 Å². The molecule has 0 bridgehead atoms. The molecule has 3 nitrogen and oxygen atoms in total. The van der Waals surface area contributed by atoms with Crippen molar-refractivity contribution in [2.75, 3.05) is 0 Å². The number of rotatable bonds is 0. The van der Waals surface area contributed by atoms with Crippen LogP contribution in [-0.4, -0.2) is 12.3 Å². The van der Waals surface area contributed by atoms with Gasteiger partial charge in [-0.05, 0) is 12.2 Å². The highest BCUT2D eigenvalue weighted by atomic mass is 16.5. The van der Waals surface area contributed by atoms with Gasteiger partial charge in [0.25, 0.3) is 0 Å². The van der Waals surface area contributed by atoms with Crippen molar-refractivity contribution in [1.29, 1.82) is 0 Å². The summed E-state index contributed by atoms with van der Waals surface area (Å²) in [6, 6.07) is 0. The number of hydrogen-bond acceptors (Lipinski definition) is 2. The molecule has 0 unspecified atom stereocenters. The number of amides is 1. The van der Waals surface area contributed by atoms with E-state index in [-0.39, 0.29) is 0 Å². The molecule has 1 rings (SSSR count). The van der Waals surface area contributed by atoms with Gasteiger partial charge in [-0.15, -0.1) is 0 Å². The van der Waals surface area contributed by atoms with Crippen LogP contribution in [0.4, 0.5) is 4.79 Å². The first-order valence-electron chi connectivity index (χ1n) is 2.46. The molecule has 0 spiro atoms. The van der Waals surface area contributed by atoms with Gasteiger partial charge in [-0.2, -0.15) is 4.99 Å². The van der Waals surface area contributed by atoms with Crippen molar-refractivity contribution in [3.05, 3.63) is 24.5 Å². The van der Waals surface area contributed by atoms with Crippen molar-refractivity contribution in [3.8, 4) is 0 Å². The predicted molar refractivity (Wildman–Crippen MR) is 33.3 cm³/mol. The predicted octanol–water partition coefficient (Wildman–Crippen LogP) is 1.28. The third kappa shape index (κ3) is 1.90. The molecular formula is C6H5NO2. The Labute approximate surface area is 52.3 Å². The van der Waals surface area contributed by atoms with E-state index >= 15 is 0 Å². The fourth-order valence-corrected chi connectivity index (χ4v) is 0.391. The monoisotopic (exact) mass is 123 g/mol.